The van der Waals surface area contributed by atoms with Gasteiger partial charge < -0.3 is 15.8 Å². The van der Waals surface area contributed by atoms with E-state index in [0.717, 1.165) is 31.4 Å². The van der Waals surface area contributed by atoms with E-state index in [0.29, 0.717) is 17.8 Å². The highest BCUT2D eigenvalue weighted by molar-refractivity contribution is 5.94. The SMILES string of the molecule is Cc1ccc(NC(=O)CC2CCCCO2)c(N)c1. The van der Waals surface area contributed by atoms with Crippen molar-refractivity contribution in [3.05, 3.63) is 23.8 Å². The molecule has 0 spiro atoms. The van der Waals surface area contributed by atoms with Gasteiger partial charge in [-0.2, -0.15) is 0 Å². The fraction of sp³-hybridized carbons (Fsp3) is 0.500. The van der Waals surface area contributed by atoms with Crippen LogP contribution >= 0.6 is 0 Å². The number of hydrogen-bond acceptors (Lipinski definition) is 3. The number of nitrogen functional groups attached to an aromatic ring is 1. The molecule has 1 atom stereocenters. The molecule has 4 nitrogen and oxygen atoms in total. The lowest BCUT2D eigenvalue weighted by Gasteiger charge is -2.22. The number of hydrogen-bond donors (Lipinski definition) is 2. The van der Waals surface area contributed by atoms with Crippen molar-refractivity contribution < 1.29 is 9.53 Å². The number of rotatable bonds is 3. The summed E-state index contributed by atoms with van der Waals surface area (Å²) in [6, 6.07) is 5.63. The predicted molar refractivity (Wildman–Crippen MR) is 72.4 cm³/mol. The Labute approximate surface area is 108 Å². The molecule has 1 unspecified atom stereocenters. The molecule has 1 fully saturated rings. The molecule has 0 aromatic heterocycles. The maximum absolute atomic E-state index is 11.9. The van der Waals surface area contributed by atoms with Crippen LogP contribution in [0, 0.1) is 6.92 Å². The number of carbonyl (C=O) groups excluding carboxylic acids is 1. The summed E-state index contributed by atoms with van der Waals surface area (Å²) in [7, 11) is 0. The van der Waals surface area contributed by atoms with Gasteiger partial charge in [-0.05, 0) is 43.9 Å². The minimum Gasteiger partial charge on any atom is -0.397 e. The van der Waals surface area contributed by atoms with Crippen molar-refractivity contribution in [3.63, 3.8) is 0 Å². The van der Waals surface area contributed by atoms with E-state index in [-0.39, 0.29) is 12.0 Å². The van der Waals surface area contributed by atoms with Crippen molar-refractivity contribution in [1.29, 1.82) is 0 Å². The Hall–Kier alpha value is -1.55. The quantitative estimate of drug-likeness (QED) is 0.808. The van der Waals surface area contributed by atoms with Gasteiger partial charge in [-0.3, -0.25) is 4.79 Å². The van der Waals surface area contributed by atoms with Gasteiger partial charge in [0.25, 0.3) is 0 Å². The monoisotopic (exact) mass is 248 g/mol. The average molecular weight is 248 g/mol. The second kappa shape index (κ2) is 5.87. The number of benzene rings is 1. The molecular weight excluding hydrogens is 228 g/mol. The Kier molecular flexibility index (Phi) is 4.20. The number of carbonyl (C=O) groups is 1. The van der Waals surface area contributed by atoms with Gasteiger partial charge in [-0.15, -0.1) is 0 Å². The molecule has 1 aromatic carbocycles. The molecule has 3 N–H and O–H groups in total. The third kappa shape index (κ3) is 3.47. The van der Waals surface area contributed by atoms with E-state index in [1.54, 1.807) is 0 Å². The molecule has 4 heteroatoms. The number of ether oxygens (including phenoxy) is 1. The number of aryl methyl sites for hydroxylation is 1. The van der Waals surface area contributed by atoms with Crippen LogP contribution in [0.25, 0.3) is 0 Å². The average Bonchev–Trinajstić information content (AvgIpc) is 2.34. The molecule has 1 amide bonds. The number of anilines is 2. The molecular formula is C14H20N2O2. The zero-order chi connectivity index (χ0) is 13.0. The van der Waals surface area contributed by atoms with Gasteiger partial charge in [0.15, 0.2) is 0 Å². The Morgan fingerprint density at radius 1 is 1.50 bits per heavy atom. The molecule has 0 bridgehead atoms. The van der Waals surface area contributed by atoms with Crippen LogP contribution in [-0.4, -0.2) is 18.6 Å². The first-order chi connectivity index (χ1) is 8.65. The maximum Gasteiger partial charge on any atom is 0.227 e. The van der Waals surface area contributed by atoms with Gasteiger partial charge in [0.05, 0.1) is 23.9 Å². The van der Waals surface area contributed by atoms with Gasteiger partial charge in [0.2, 0.25) is 5.91 Å². The van der Waals surface area contributed by atoms with Gasteiger partial charge in [-0.25, -0.2) is 0 Å². The van der Waals surface area contributed by atoms with Gasteiger partial charge in [-0.1, -0.05) is 6.07 Å². The van der Waals surface area contributed by atoms with Gasteiger partial charge >= 0.3 is 0 Å². The maximum atomic E-state index is 11.9. The van der Waals surface area contributed by atoms with E-state index in [1.165, 1.54) is 0 Å². The summed E-state index contributed by atoms with van der Waals surface area (Å²) in [6.07, 6.45) is 3.68. The molecule has 1 aliphatic rings. The first-order valence-electron chi connectivity index (χ1n) is 6.43. The molecule has 1 heterocycles. The summed E-state index contributed by atoms with van der Waals surface area (Å²) in [5.74, 6) is -0.0301. The molecule has 98 valence electrons. The molecule has 1 aromatic rings. The van der Waals surface area contributed by atoms with Crippen LogP contribution in [0.4, 0.5) is 11.4 Å². The summed E-state index contributed by atoms with van der Waals surface area (Å²) < 4.78 is 5.54. The van der Waals surface area contributed by atoms with Crippen LogP contribution in [0.3, 0.4) is 0 Å². The van der Waals surface area contributed by atoms with E-state index in [4.69, 9.17) is 10.5 Å². The lowest BCUT2D eigenvalue weighted by atomic mass is 10.1. The fourth-order valence-electron chi connectivity index (χ4n) is 2.17. The number of amides is 1. The van der Waals surface area contributed by atoms with Crippen molar-refractivity contribution in [1.82, 2.24) is 0 Å². The topological polar surface area (TPSA) is 64.3 Å². The standard InChI is InChI=1S/C14H20N2O2/c1-10-5-6-13(12(15)8-10)16-14(17)9-11-4-2-3-7-18-11/h5-6,8,11H,2-4,7,9,15H2,1H3,(H,16,17). The van der Waals surface area contributed by atoms with E-state index >= 15 is 0 Å². The van der Waals surface area contributed by atoms with Crippen molar-refractivity contribution >= 4 is 17.3 Å². The molecule has 1 aliphatic heterocycles. The van der Waals surface area contributed by atoms with Crippen LogP contribution in [0.2, 0.25) is 0 Å². The highest BCUT2D eigenvalue weighted by Gasteiger charge is 2.17. The van der Waals surface area contributed by atoms with Crippen molar-refractivity contribution in [3.8, 4) is 0 Å². The zero-order valence-corrected chi connectivity index (χ0v) is 10.7. The molecule has 2 rings (SSSR count). The Bertz CT molecular complexity index is 426. The fourth-order valence-corrected chi connectivity index (χ4v) is 2.17. The second-order valence-electron chi connectivity index (χ2n) is 4.83. The Morgan fingerprint density at radius 2 is 2.33 bits per heavy atom. The zero-order valence-electron chi connectivity index (χ0n) is 10.7. The highest BCUT2D eigenvalue weighted by atomic mass is 16.5. The summed E-state index contributed by atoms with van der Waals surface area (Å²) in [4.78, 5) is 11.9. The van der Waals surface area contributed by atoms with Crippen LogP contribution in [0.1, 0.15) is 31.2 Å². The minimum atomic E-state index is -0.0301. The third-order valence-corrected chi connectivity index (χ3v) is 3.17. The smallest absolute Gasteiger partial charge is 0.227 e. The van der Waals surface area contributed by atoms with Crippen LogP contribution < -0.4 is 11.1 Å². The van der Waals surface area contributed by atoms with E-state index in [2.05, 4.69) is 5.32 Å². The first-order valence-corrected chi connectivity index (χ1v) is 6.43. The lowest BCUT2D eigenvalue weighted by Crippen LogP contribution is -2.25. The normalized spacial score (nSPS) is 19.5. The lowest BCUT2D eigenvalue weighted by molar-refractivity contribution is -0.119. The first kappa shape index (κ1) is 12.9. The number of nitrogens with two attached hydrogens (primary N) is 1. The van der Waals surface area contributed by atoms with Crippen molar-refractivity contribution in [2.75, 3.05) is 17.7 Å². The molecule has 0 saturated carbocycles. The van der Waals surface area contributed by atoms with Gasteiger partial charge in [0, 0.05) is 6.61 Å². The predicted octanol–water partition coefficient (Wildman–Crippen LogP) is 2.47. The Morgan fingerprint density at radius 3 is 3.00 bits per heavy atom. The largest absolute Gasteiger partial charge is 0.397 e. The Balaban J connectivity index is 1.90. The molecule has 1 saturated heterocycles. The van der Waals surface area contributed by atoms with Gasteiger partial charge in [0.1, 0.15) is 0 Å². The van der Waals surface area contributed by atoms with E-state index < -0.39 is 0 Å². The molecule has 18 heavy (non-hydrogen) atoms. The summed E-state index contributed by atoms with van der Waals surface area (Å²) in [6.45, 7) is 2.74. The van der Waals surface area contributed by atoms with Crippen LogP contribution in [0.15, 0.2) is 18.2 Å². The van der Waals surface area contributed by atoms with Crippen LogP contribution in [-0.2, 0) is 9.53 Å². The summed E-state index contributed by atoms with van der Waals surface area (Å²) in [5.41, 5.74) is 8.23. The van der Waals surface area contributed by atoms with Crippen LogP contribution in [0.5, 0.6) is 0 Å². The second-order valence-corrected chi connectivity index (χ2v) is 4.83. The van der Waals surface area contributed by atoms with E-state index in [1.807, 2.05) is 25.1 Å². The van der Waals surface area contributed by atoms with Crippen molar-refractivity contribution in [2.45, 2.75) is 38.7 Å². The highest BCUT2D eigenvalue weighted by Crippen LogP contribution is 2.21. The van der Waals surface area contributed by atoms with Crippen molar-refractivity contribution in [2.24, 2.45) is 0 Å². The molecule has 0 aliphatic carbocycles. The minimum absolute atomic E-state index is 0.0301. The van der Waals surface area contributed by atoms with E-state index in [9.17, 15) is 4.79 Å². The summed E-state index contributed by atoms with van der Waals surface area (Å²) in [5, 5.41) is 2.84. The molecule has 0 radical (unpaired) electrons. The summed E-state index contributed by atoms with van der Waals surface area (Å²) >= 11 is 0. The third-order valence-electron chi connectivity index (χ3n) is 3.17. The number of nitrogens with one attached hydrogen (secondary N) is 1.